The lowest BCUT2D eigenvalue weighted by atomic mass is 9.96. The molecule has 1 saturated heterocycles. The average Bonchev–Trinajstić information content (AvgIpc) is 2.71. The Kier molecular flexibility index (Phi) is 8.31. The highest BCUT2D eigenvalue weighted by atomic mass is 35.5. The summed E-state index contributed by atoms with van der Waals surface area (Å²) in [6.07, 6.45) is 3.81. The van der Waals surface area contributed by atoms with Gasteiger partial charge in [-0.2, -0.15) is 0 Å². The fraction of sp³-hybridized carbons (Fsp3) is 0.556. The van der Waals surface area contributed by atoms with Crippen LogP contribution in [0.15, 0.2) is 12.3 Å². The van der Waals surface area contributed by atoms with Gasteiger partial charge in [-0.1, -0.05) is 24.9 Å². The second-order valence-electron chi connectivity index (χ2n) is 6.48. The van der Waals surface area contributed by atoms with E-state index in [2.05, 4.69) is 21.2 Å². The normalized spacial score (nSPS) is 14.3. The van der Waals surface area contributed by atoms with E-state index in [-0.39, 0.29) is 28.6 Å². The molecule has 0 aromatic carbocycles. The molecule has 1 aromatic rings. The highest BCUT2D eigenvalue weighted by Gasteiger charge is 2.28. The molecular weight excluding hydrogens is 386 g/mol. The first-order valence-electron chi connectivity index (χ1n) is 9.31. The van der Waals surface area contributed by atoms with Crippen LogP contribution in [-0.2, 0) is 9.53 Å². The number of carbonyl (C=O) groups excluding carboxylic acids is 3. The van der Waals surface area contributed by atoms with E-state index >= 15 is 0 Å². The molecular formula is C18H26ClN5O4. The van der Waals surface area contributed by atoms with Gasteiger partial charge >= 0.3 is 6.09 Å². The Balaban J connectivity index is 1.78. The number of likely N-dealkylation sites (tertiary alicyclic amines) is 1. The van der Waals surface area contributed by atoms with Crippen molar-refractivity contribution >= 4 is 35.2 Å². The van der Waals surface area contributed by atoms with Crippen molar-refractivity contribution < 1.29 is 19.1 Å². The number of unbranched alkanes of at least 4 members (excludes halogenated alkanes) is 1. The number of carbonyl (C=O) groups is 3. The number of rotatable bonds is 6. The molecule has 1 aliphatic rings. The zero-order chi connectivity index (χ0) is 20.5. The van der Waals surface area contributed by atoms with Crippen LogP contribution in [0.4, 0.5) is 10.5 Å². The lowest BCUT2D eigenvalue weighted by Gasteiger charge is -2.30. The Labute approximate surface area is 169 Å². The van der Waals surface area contributed by atoms with Gasteiger partial charge in [0.25, 0.3) is 5.91 Å². The molecule has 1 aromatic heterocycles. The third-order valence-corrected chi connectivity index (χ3v) is 4.74. The number of amides is 3. The third kappa shape index (κ3) is 5.98. The number of hydrogen-bond donors (Lipinski definition) is 3. The van der Waals surface area contributed by atoms with Gasteiger partial charge in [0.15, 0.2) is 0 Å². The number of hydrogen-bond acceptors (Lipinski definition) is 6. The topological polar surface area (TPSA) is 113 Å². The molecule has 154 valence electrons. The molecule has 0 unspecified atom stereocenters. The largest absolute Gasteiger partial charge is 0.449 e. The minimum Gasteiger partial charge on any atom is -0.449 e. The molecule has 3 amide bonds. The van der Waals surface area contributed by atoms with E-state index in [4.69, 9.17) is 16.3 Å². The number of nitrogens with zero attached hydrogens (tertiary/aromatic N) is 2. The number of anilines is 1. The van der Waals surface area contributed by atoms with E-state index in [1.165, 1.54) is 12.3 Å². The Morgan fingerprint density at radius 2 is 2.00 bits per heavy atom. The molecule has 0 atom stereocenters. The van der Waals surface area contributed by atoms with E-state index in [0.29, 0.717) is 38.2 Å². The zero-order valence-corrected chi connectivity index (χ0v) is 16.8. The summed E-state index contributed by atoms with van der Waals surface area (Å²) in [4.78, 5) is 42.0. The highest BCUT2D eigenvalue weighted by molar-refractivity contribution is 6.29. The third-order valence-electron chi connectivity index (χ3n) is 4.53. The molecule has 0 saturated carbocycles. The Morgan fingerprint density at radius 1 is 1.29 bits per heavy atom. The summed E-state index contributed by atoms with van der Waals surface area (Å²) in [5, 5.41) is 3.11. The Hall–Kier alpha value is -2.55. The molecule has 28 heavy (non-hydrogen) atoms. The standard InChI is InChI=1S/C18H26ClN5O4/c1-3-4-9-28-18(27)24-7-5-12(6-8-24)16(25)22-23-17(26)13-11-21-15(19)10-14(13)20-2/h10-12H,3-9H2,1-2H3,(H,20,21)(H,22,25)(H,23,26). The summed E-state index contributed by atoms with van der Waals surface area (Å²) < 4.78 is 5.18. The number of halogens is 1. The first kappa shape index (κ1) is 21.7. The number of ether oxygens (including phenoxy) is 1. The van der Waals surface area contributed by atoms with E-state index < -0.39 is 5.91 Å². The van der Waals surface area contributed by atoms with Crippen LogP contribution in [0.25, 0.3) is 0 Å². The zero-order valence-electron chi connectivity index (χ0n) is 16.1. The van der Waals surface area contributed by atoms with Crippen LogP contribution in [0.2, 0.25) is 5.15 Å². The van der Waals surface area contributed by atoms with Crippen LogP contribution in [0.3, 0.4) is 0 Å². The summed E-state index contributed by atoms with van der Waals surface area (Å²) in [6.45, 7) is 3.33. The van der Waals surface area contributed by atoms with Crippen LogP contribution in [0.1, 0.15) is 43.0 Å². The Bertz CT molecular complexity index is 707. The average molecular weight is 412 g/mol. The molecule has 1 fully saturated rings. The van der Waals surface area contributed by atoms with Crippen LogP contribution >= 0.6 is 11.6 Å². The van der Waals surface area contributed by atoms with Crippen molar-refractivity contribution in [2.75, 3.05) is 32.1 Å². The molecule has 10 heteroatoms. The second kappa shape index (κ2) is 10.7. The predicted molar refractivity (Wildman–Crippen MR) is 105 cm³/mol. The maximum atomic E-state index is 12.3. The number of piperidine rings is 1. The van der Waals surface area contributed by atoms with Gasteiger partial charge in [0.05, 0.1) is 17.9 Å². The number of pyridine rings is 1. The van der Waals surface area contributed by atoms with Crippen molar-refractivity contribution in [2.45, 2.75) is 32.6 Å². The van der Waals surface area contributed by atoms with Gasteiger partial charge in [-0.05, 0) is 25.3 Å². The summed E-state index contributed by atoms with van der Waals surface area (Å²) in [6, 6.07) is 1.52. The smallest absolute Gasteiger partial charge is 0.409 e. The second-order valence-corrected chi connectivity index (χ2v) is 6.86. The van der Waals surface area contributed by atoms with Crippen molar-refractivity contribution in [3.05, 3.63) is 23.0 Å². The van der Waals surface area contributed by atoms with Gasteiger partial charge in [0.1, 0.15) is 5.15 Å². The molecule has 2 rings (SSSR count). The predicted octanol–water partition coefficient (Wildman–Crippen LogP) is 2.19. The quantitative estimate of drug-likeness (QED) is 0.375. The monoisotopic (exact) mass is 411 g/mol. The van der Waals surface area contributed by atoms with Crippen molar-refractivity contribution in [3.63, 3.8) is 0 Å². The minimum atomic E-state index is -0.501. The fourth-order valence-corrected chi connectivity index (χ4v) is 2.98. The summed E-state index contributed by atoms with van der Waals surface area (Å²) in [5.41, 5.74) is 5.60. The maximum absolute atomic E-state index is 12.3. The van der Waals surface area contributed by atoms with Gasteiger partial charge in [-0.3, -0.25) is 20.4 Å². The fourth-order valence-electron chi connectivity index (χ4n) is 2.82. The number of aromatic nitrogens is 1. The minimum absolute atomic E-state index is 0.255. The summed E-state index contributed by atoms with van der Waals surface area (Å²) >= 11 is 5.81. The molecule has 3 N–H and O–H groups in total. The molecule has 0 aliphatic carbocycles. The van der Waals surface area contributed by atoms with Gasteiger partial charge < -0.3 is 15.0 Å². The first-order chi connectivity index (χ1) is 13.5. The van der Waals surface area contributed by atoms with Crippen LogP contribution < -0.4 is 16.2 Å². The highest BCUT2D eigenvalue weighted by Crippen LogP contribution is 2.19. The molecule has 0 radical (unpaired) electrons. The molecule has 0 bridgehead atoms. The van der Waals surface area contributed by atoms with Crippen molar-refractivity contribution in [2.24, 2.45) is 5.92 Å². The van der Waals surface area contributed by atoms with Crippen molar-refractivity contribution in [3.8, 4) is 0 Å². The van der Waals surface area contributed by atoms with E-state index in [9.17, 15) is 14.4 Å². The molecule has 0 spiro atoms. The summed E-state index contributed by atoms with van der Waals surface area (Å²) in [5.74, 6) is -1.08. The van der Waals surface area contributed by atoms with Gasteiger partial charge in [-0.25, -0.2) is 9.78 Å². The van der Waals surface area contributed by atoms with Gasteiger partial charge in [0.2, 0.25) is 5.91 Å². The van der Waals surface area contributed by atoms with Crippen LogP contribution in [0, 0.1) is 5.92 Å². The van der Waals surface area contributed by atoms with E-state index in [1.807, 2.05) is 6.92 Å². The number of hydrazine groups is 1. The van der Waals surface area contributed by atoms with E-state index in [0.717, 1.165) is 12.8 Å². The lowest BCUT2D eigenvalue weighted by molar-refractivity contribution is -0.127. The van der Waals surface area contributed by atoms with Crippen LogP contribution in [0.5, 0.6) is 0 Å². The van der Waals surface area contributed by atoms with Gasteiger partial charge in [0, 0.05) is 32.3 Å². The maximum Gasteiger partial charge on any atom is 0.409 e. The Morgan fingerprint density at radius 3 is 2.64 bits per heavy atom. The number of nitrogens with one attached hydrogen (secondary N) is 3. The molecule has 9 nitrogen and oxygen atoms in total. The SMILES string of the molecule is CCCCOC(=O)N1CCC(C(=O)NNC(=O)c2cnc(Cl)cc2NC)CC1. The van der Waals surface area contributed by atoms with Crippen LogP contribution in [-0.4, -0.2) is 54.5 Å². The molecule has 2 heterocycles. The van der Waals surface area contributed by atoms with E-state index in [1.54, 1.807) is 11.9 Å². The van der Waals surface area contributed by atoms with Crippen molar-refractivity contribution in [1.29, 1.82) is 0 Å². The van der Waals surface area contributed by atoms with Crippen molar-refractivity contribution in [1.82, 2.24) is 20.7 Å². The summed E-state index contributed by atoms with van der Waals surface area (Å²) in [7, 11) is 1.65. The van der Waals surface area contributed by atoms with Gasteiger partial charge in [-0.15, -0.1) is 0 Å². The molecule has 1 aliphatic heterocycles. The first-order valence-corrected chi connectivity index (χ1v) is 9.69. The lowest BCUT2D eigenvalue weighted by Crippen LogP contribution is -2.48.